The quantitative estimate of drug-likeness (QED) is 0.870. The van der Waals surface area contributed by atoms with Crippen LogP contribution in [0.4, 0.5) is 5.69 Å². The van der Waals surface area contributed by atoms with Crippen molar-refractivity contribution in [3.05, 3.63) is 47.3 Å². The van der Waals surface area contributed by atoms with Crippen LogP contribution in [0.3, 0.4) is 0 Å². The minimum Gasteiger partial charge on any atom is -0.379 e. The molecule has 110 valence electrons. The van der Waals surface area contributed by atoms with Gasteiger partial charge in [0.05, 0.1) is 18.3 Å². The molecule has 3 rings (SSSR count). The molecule has 1 aromatic carbocycles. The summed E-state index contributed by atoms with van der Waals surface area (Å²) in [7, 11) is 0. The molecule has 1 aliphatic heterocycles. The zero-order valence-corrected chi connectivity index (χ0v) is 12.2. The summed E-state index contributed by atoms with van der Waals surface area (Å²) in [5.74, 6) is 0.477. The Kier molecular flexibility index (Phi) is 3.75. The molecule has 2 aromatic rings. The highest BCUT2D eigenvalue weighted by atomic mass is 16.5. The zero-order valence-electron chi connectivity index (χ0n) is 12.2. The number of nitrogens with zero attached hydrogens (tertiary/aromatic N) is 2. The van der Waals surface area contributed by atoms with E-state index in [4.69, 9.17) is 9.26 Å². The molecule has 1 amide bonds. The molecule has 0 saturated carbocycles. The molecule has 0 bridgehead atoms. The van der Waals surface area contributed by atoms with Gasteiger partial charge in [-0.25, -0.2) is 0 Å². The number of amides is 1. The average molecular weight is 286 g/mol. The molecule has 0 radical (unpaired) electrons. The molecule has 0 spiro atoms. The third kappa shape index (κ3) is 2.56. The molecule has 2 heterocycles. The average Bonchev–Trinajstić information content (AvgIpc) is 3.11. The Bertz CT molecular complexity index is 611. The highest BCUT2D eigenvalue weighted by molar-refractivity contribution is 6.07. The van der Waals surface area contributed by atoms with Crippen LogP contribution in [0, 0.1) is 13.8 Å². The topological polar surface area (TPSA) is 55.6 Å². The Hall–Kier alpha value is -2.14. The molecule has 5 heteroatoms. The number of aromatic nitrogens is 1. The Morgan fingerprint density at radius 3 is 2.62 bits per heavy atom. The van der Waals surface area contributed by atoms with Crippen LogP contribution in [-0.4, -0.2) is 30.3 Å². The van der Waals surface area contributed by atoms with E-state index in [1.807, 2.05) is 30.3 Å². The van der Waals surface area contributed by atoms with Crippen molar-refractivity contribution in [1.29, 1.82) is 0 Å². The molecule has 5 nitrogen and oxygen atoms in total. The summed E-state index contributed by atoms with van der Waals surface area (Å²) in [5, 5.41) is 3.89. The van der Waals surface area contributed by atoms with Crippen molar-refractivity contribution in [2.24, 2.45) is 0 Å². The van der Waals surface area contributed by atoms with Crippen LogP contribution in [0.2, 0.25) is 0 Å². The lowest BCUT2D eigenvalue weighted by Crippen LogP contribution is -2.41. The number of hydrogen-bond acceptors (Lipinski definition) is 4. The number of ether oxygens (including phenoxy) is 1. The van der Waals surface area contributed by atoms with Gasteiger partial charge in [0.2, 0.25) is 0 Å². The van der Waals surface area contributed by atoms with Crippen LogP contribution in [0.15, 0.2) is 34.9 Å². The molecule has 1 aliphatic rings. The van der Waals surface area contributed by atoms with Crippen molar-refractivity contribution < 1.29 is 14.1 Å². The van der Waals surface area contributed by atoms with Gasteiger partial charge in [0.25, 0.3) is 5.91 Å². The third-order valence-electron chi connectivity index (χ3n) is 3.77. The normalized spacial score (nSPS) is 17.9. The second-order valence-electron chi connectivity index (χ2n) is 5.23. The van der Waals surface area contributed by atoms with E-state index < -0.39 is 0 Å². The van der Waals surface area contributed by atoms with Crippen LogP contribution in [0.1, 0.15) is 28.2 Å². The van der Waals surface area contributed by atoms with Crippen LogP contribution in [-0.2, 0) is 4.74 Å². The maximum atomic E-state index is 13.0. The van der Waals surface area contributed by atoms with E-state index in [1.165, 1.54) is 0 Å². The van der Waals surface area contributed by atoms with Crippen molar-refractivity contribution in [3.8, 4) is 0 Å². The molecular formula is C16H18N2O3. The van der Waals surface area contributed by atoms with Gasteiger partial charge in [0.1, 0.15) is 11.3 Å². The van der Waals surface area contributed by atoms with E-state index in [2.05, 4.69) is 5.16 Å². The van der Waals surface area contributed by atoms with Gasteiger partial charge < -0.3 is 14.2 Å². The second kappa shape index (κ2) is 5.69. The molecule has 1 atom stereocenters. The number of carbonyl (C=O) groups is 1. The van der Waals surface area contributed by atoms with E-state index in [1.54, 1.807) is 18.7 Å². The minimum absolute atomic E-state index is 0.0496. The van der Waals surface area contributed by atoms with Gasteiger partial charge in [0, 0.05) is 12.3 Å². The fraction of sp³-hybridized carbons (Fsp3) is 0.375. The number of para-hydroxylation sites is 1. The first kappa shape index (κ1) is 13.8. The summed E-state index contributed by atoms with van der Waals surface area (Å²) < 4.78 is 10.6. The first-order valence-electron chi connectivity index (χ1n) is 7.07. The van der Waals surface area contributed by atoms with Crippen LogP contribution >= 0.6 is 0 Å². The Balaban J connectivity index is 2.01. The van der Waals surface area contributed by atoms with Gasteiger partial charge in [-0.1, -0.05) is 23.4 Å². The van der Waals surface area contributed by atoms with Crippen LogP contribution in [0.5, 0.6) is 0 Å². The molecular weight excluding hydrogens is 268 g/mol. The smallest absolute Gasteiger partial charge is 0.264 e. The SMILES string of the molecule is Cc1noc(C)c1C(=O)N(c1ccccc1)C1CCOC1. The maximum Gasteiger partial charge on any atom is 0.264 e. The van der Waals surface area contributed by atoms with Gasteiger partial charge in [-0.2, -0.15) is 0 Å². The van der Waals surface area contributed by atoms with E-state index in [9.17, 15) is 4.79 Å². The van der Waals surface area contributed by atoms with E-state index in [0.29, 0.717) is 30.2 Å². The number of hydrogen-bond donors (Lipinski definition) is 0. The van der Waals surface area contributed by atoms with E-state index in [0.717, 1.165) is 12.1 Å². The summed E-state index contributed by atoms with van der Waals surface area (Å²) in [6.07, 6.45) is 0.837. The Morgan fingerprint density at radius 1 is 1.29 bits per heavy atom. The molecule has 1 fully saturated rings. The number of aryl methyl sites for hydroxylation is 2. The van der Waals surface area contributed by atoms with E-state index in [-0.39, 0.29) is 11.9 Å². The first-order valence-corrected chi connectivity index (χ1v) is 7.07. The van der Waals surface area contributed by atoms with Gasteiger partial charge in [-0.05, 0) is 32.4 Å². The largest absolute Gasteiger partial charge is 0.379 e. The summed E-state index contributed by atoms with van der Waals surface area (Å²) in [4.78, 5) is 14.8. The summed E-state index contributed by atoms with van der Waals surface area (Å²) in [6.45, 7) is 4.80. The summed E-state index contributed by atoms with van der Waals surface area (Å²) >= 11 is 0. The van der Waals surface area contributed by atoms with Gasteiger partial charge in [0.15, 0.2) is 0 Å². The first-order chi connectivity index (χ1) is 10.2. The highest BCUT2D eigenvalue weighted by Gasteiger charge is 2.32. The molecule has 0 N–H and O–H groups in total. The van der Waals surface area contributed by atoms with Crippen molar-refractivity contribution in [1.82, 2.24) is 5.16 Å². The van der Waals surface area contributed by atoms with Crippen molar-refractivity contribution in [3.63, 3.8) is 0 Å². The maximum absolute atomic E-state index is 13.0. The molecule has 1 unspecified atom stereocenters. The van der Waals surface area contributed by atoms with Gasteiger partial charge >= 0.3 is 0 Å². The number of anilines is 1. The zero-order chi connectivity index (χ0) is 14.8. The van der Waals surface area contributed by atoms with Gasteiger partial charge in [-0.3, -0.25) is 4.79 Å². The fourth-order valence-corrected chi connectivity index (χ4v) is 2.72. The molecule has 21 heavy (non-hydrogen) atoms. The monoisotopic (exact) mass is 286 g/mol. The molecule has 0 aliphatic carbocycles. The molecule has 1 saturated heterocycles. The van der Waals surface area contributed by atoms with Gasteiger partial charge in [-0.15, -0.1) is 0 Å². The van der Waals surface area contributed by atoms with Crippen LogP contribution < -0.4 is 4.90 Å². The third-order valence-corrected chi connectivity index (χ3v) is 3.77. The van der Waals surface area contributed by atoms with Crippen LogP contribution in [0.25, 0.3) is 0 Å². The summed E-state index contributed by atoms with van der Waals surface area (Å²) in [6, 6.07) is 9.72. The van der Waals surface area contributed by atoms with Crippen molar-refractivity contribution in [2.75, 3.05) is 18.1 Å². The second-order valence-corrected chi connectivity index (χ2v) is 5.23. The fourth-order valence-electron chi connectivity index (χ4n) is 2.72. The summed E-state index contributed by atoms with van der Waals surface area (Å²) in [5.41, 5.74) is 2.04. The standard InChI is InChI=1S/C16H18N2O3/c1-11-15(12(2)21-17-11)16(19)18(14-8-9-20-10-14)13-6-4-3-5-7-13/h3-7,14H,8-10H2,1-2H3. The van der Waals surface area contributed by atoms with E-state index >= 15 is 0 Å². The highest BCUT2D eigenvalue weighted by Crippen LogP contribution is 2.26. The number of benzene rings is 1. The lowest BCUT2D eigenvalue weighted by atomic mass is 10.1. The number of rotatable bonds is 3. The van der Waals surface area contributed by atoms with Crippen molar-refractivity contribution in [2.45, 2.75) is 26.3 Å². The number of carbonyl (C=O) groups excluding carboxylic acids is 1. The predicted octanol–water partition coefficient (Wildman–Crippen LogP) is 2.73. The van der Waals surface area contributed by atoms with Crippen molar-refractivity contribution >= 4 is 11.6 Å². The Labute approximate surface area is 123 Å². The lowest BCUT2D eigenvalue weighted by Gasteiger charge is -2.28. The predicted molar refractivity (Wildman–Crippen MR) is 78.5 cm³/mol. The lowest BCUT2D eigenvalue weighted by molar-refractivity contribution is 0.0969. The molecule has 1 aromatic heterocycles. The Morgan fingerprint density at radius 2 is 2.05 bits per heavy atom. The minimum atomic E-state index is -0.0760.